The molecule has 0 unspecified atom stereocenters. The van der Waals surface area contributed by atoms with Crippen LogP contribution in [0.3, 0.4) is 0 Å². The van der Waals surface area contributed by atoms with E-state index in [9.17, 15) is 4.39 Å². The van der Waals surface area contributed by atoms with Gasteiger partial charge in [0, 0.05) is 22.8 Å². The number of halogens is 2. The Kier molecular flexibility index (Phi) is 5.81. The van der Waals surface area contributed by atoms with Gasteiger partial charge in [0.05, 0.1) is 17.1 Å². The van der Waals surface area contributed by atoms with E-state index < -0.39 is 0 Å². The quantitative estimate of drug-likeness (QED) is 0.513. The molecule has 0 atom stereocenters. The predicted octanol–water partition coefficient (Wildman–Crippen LogP) is 5.93. The summed E-state index contributed by atoms with van der Waals surface area (Å²) < 4.78 is 14.0. The highest BCUT2D eigenvalue weighted by Gasteiger charge is 2.16. The Morgan fingerprint density at radius 2 is 1.82 bits per heavy atom. The molecule has 0 bridgehead atoms. The van der Waals surface area contributed by atoms with Crippen molar-refractivity contribution in [3.05, 3.63) is 59.0 Å². The third-order valence-electron chi connectivity index (χ3n) is 4.79. The minimum atomic E-state index is -0.297. The predicted molar refractivity (Wildman–Crippen MR) is 113 cm³/mol. The SMILES string of the molecule is Fc1ccc(Nc2cc(-c3ccccn3)nc(NC3CCCCC3)n2)c(Br)c1. The van der Waals surface area contributed by atoms with Crippen LogP contribution < -0.4 is 10.6 Å². The number of aromatic nitrogens is 3. The van der Waals surface area contributed by atoms with Gasteiger partial charge in [-0.2, -0.15) is 4.98 Å². The molecule has 1 aromatic carbocycles. The van der Waals surface area contributed by atoms with Gasteiger partial charge in [-0.1, -0.05) is 25.3 Å². The zero-order valence-electron chi connectivity index (χ0n) is 15.3. The Hall–Kier alpha value is -2.54. The number of nitrogens with one attached hydrogen (secondary N) is 2. The van der Waals surface area contributed by atoms with Crippen molar-refractivity contribution in [2.24, 2.45) is 0 Å². The Bertz CT molecular complexity index is 945. The van der Waals surface area contributed by atoms with Gasteiger partial charge < -0.3 is 10.6 Å². The largest absolute Gasteiger partial charge is 0.351 e. The molecule has 1 aliphatic carbocycles. The Balaban J connectivity index is 1.66. The highest BCUT2D eigenvalue weighted by Crippen LogP contribution is 2.29. The minimum Gasteiger partial charge on any atom is -0.351 e. The van der Waals surface area contributed by atoms with Crippen LogP contribution >= 0.6 is 15.9 Å². The molecule has 28 heavy (non-hydrogen) atoms. The maximum atomic E-state index is 13.4. The molecule has 1 aliphatic rings. The van der Waals surface area contributed by atoms with Crippen LogP contribution in [0.4, 0.5) is 21.8 Å². The van der Waals surface area contributed by atoms with Gasteiger partial charge in [-0.15, -0.1) is 0 Å². The molecule has 5 nitrogen and oxygen atoms in total. The first kappa shape index (κ1) is 18.8. The van der Waals surface area contributed by atoms with E-state index in [1.165, 1.54) is 31.4 Å². The van der Waals surface area contributed by atoms with Crippen molar-refractivity contribution in [3.8, 4) is 11.4 Å². The molecule has 4 rings (SSSR count). The molecule has 144 valence electrons. The number of benzene rings is 1. The molecule has 7 heteroatoms. The van der Waals surface area contributed by atoms with Crippen LogP contribution in [0.15, 0.2) is 53.1 Å². The van der Waals surface area contributed by atoms with Crippen molar-refractivity contribution in [1.82, 2.24) is 15.0 Å². The second-order valence-electron chi connectivity index (χ2n) is 6.91. The molecule has 0 saturated heterocycles. The van der Waals surface area contributed by atoms with Crippen LogP contribution in [0.25, 0.3) is 11.4 Å². The number of pyridine rings is 1. The smallest absolute Gasteiger partial charge is 0.225 e. The van der Waals surface area contributed by atoms with Gasteiger partial charge in [0.1, 0.15) is 11.6 Å². The van der Waals surface area contributed by atoms with Crippen molar-refractivity contribution in [3.63, 3.8) is 0 Å². The number of anilines is 3. The number of nitrogens with zero attached hydrogens (tertiary/aromatic N) is 3. The summed E-state index contributed by atoms with van der Waals surface area (Å²) in [6, 6.07) is 12.5. The average Bonchev–Trinajstić information content (AvgIpc) is 2.71. The lowest BCUT2D eigenvalue weighted by atomic mass is 9.96. The second-order valence-corrected chi connectivity index (χ2v) is 7.76. The van der Waals surface area contributed by atoms with E-state index in [0.29, 0.717) is 22.3 Å². The maximum absolute atomic E-state index is 13.4. The lowest BCUT2D eigenvalue weighted by Gasteiger charge is -2.23. The van der Waals surface area contributed by atoms with Crippen LogP contribution in [0.1, 0.15) is 32.1 Å². The lowest BCUT2D eigenvalue weighted by Crippen LogP contribution is -2.23. The van der Waals surface area contributed by atoms with Gasteiger partial charge in [0.15, 0.2) is 0 Å². The summed E-state index contributed by atoms with van der Waals surface area (Å²) in [6.45, 7) is 0. The molecule has 3 aromatic rings. The van der Waals surface area contributed by atoms with Crippen molar-refractivity contribution in [1.29, 1.82) is 0 Å². The fourth-order valence-electron chi connectivity index (χ4n) is 3.38. The minimum absolute atomic E-state index is 0.297. The van der Waals surface area contributed by atoms with Gasteiger partial charge in [0.25, 0.3) is 0 Å². The zero-order valence-corrected chi connectivity index (χ0v) is 16.9. The van der Waals surface area contributed by atoms with Gasteiger partial charge in [0.2, 0.25) is 5.95 Å². The monoisotopic (exact) mass is 441 g/mol. The fourth-order valence-corrected chi connectivity index (χ4v) is 3.83. The van der Waals surface area contributed by atoms with Gasteiger partial charge in [-0.25, -0.2) is 9.37 Å². The van der Waals surface area contributed by atoms with Crippen LogP contribution in [-0.2, 0) is 0 Å². The van der Waals surface area contributed by atoms with Crippen LogP contribution in [0.2, 0.25) is 0 Å². The normalized spacial score (nSPS) is 14.6. The third-order valence-corrected chi connectivity index (χ3v) is 5.44. The molecule has 1 fully saturated rings. The van der Waals surface area contributed by atoms with E-state index in [4.69, 9.17) is 0 Å². The maximum Gasteiger partial charge on any atom is 0.225 e. The number of hydrogen-bond donors (Lipinski definition) is 2. The average molecular weight is 442 g/mol. The summed E-state index contributed by atoms with van der Waals surface area (Å²) in [5, 5.41) is 6.73. The highest BCUT2D eigenvalue weighted by molar-refractivity contribution is 9.10. The molecule has 0 radical (unpaired) electrons. The molecular formula is C21H21BrFN5. The molecule has 1 saturated carbocycles. The zero-order chi connectivity index (χ0) is 19.3. The number of rotatable bonds is 5. The summed E-state index contributed by atoms with van der Waals surface area (Å²) in [5.74, 6) is 0.908. The molecular weight excluding hydrogens is 421 g/mol. The summed E-state index contributed by atoms with van der Waals surface area (Å²) >= 11 is 3.39. The molecule has 2 N–H and O–H groups in total. The Morgan fingerprint density at radius 3 is 2.57 bits per heavy atom. The Morgan fingerprint density at radius 1 is 0.964 bits per heavy atom. The summed E-state index contributed by atoms with van der Waals surface area (Å²) in [5.41, 5.74) is 2.24. The topological polar surface area (TPSA) is 62.7 Å². The number of hydrogen-bond acceptors (Lipinski definition) is 5. The van der Waals surface area contributed by atoms with Crippen molar-refractivity contribution in [2.45, 2.75) is 38.1 Å². The fraction of sp³-hybridized carbons (Fsp3) is 0.286. The van der Waals surface area contributed by atoms with Gasteiger partial charge in [-0.3, -0.25) is 4.98 Å². The standard InChI is InChI=1S/C21H21BrFN5/c22-16-12-14(23)9-10-17(16)26-20-13-19(18-8-4-5-11-24-18)27-21(28-20)25-15-6-2-1-3-7-15/h4-5,8-13,15H,1-3,6-7H2,(H2,25,26,27,28). The van der Waals surface area contributed by atoms with Crippen molar-refractivity contribution < 1.29 is 4.39 Å². The summed E-state index contributed by atoms with van der Waals surface area (Å²) in [7, 11) is 0. The van der Waals surface area contributed by atoms with E-state index in [0.717, 1.165) is 29.9 Å². The molecule has 2 aromatic heterocycles. The third kappa shape index (κ3) is 4.65. The van der Waals surface area contributed by atoms with E-state index >= 15 is 0 Å². The Labute approximate surface area is 172 Å². The molecule has 0 aliphatic heterocycles. The molecule has 0 amide bonds. The van der Waals surface area contributed by atoms with Crippen LogP contribution in [-0.4, -0.2) is 21.0 Å². The summed E-state index contributed by atoms with van der Waals surface area (Å²) in [6.07, 6.45) is 7.75. The van der Waals surface area contributed by atoms with Gasteiger partial charge in [-0.05, 0) is 59.1 Å². The van der Waals surface area contributed by atoms with E-state index in [1.54, 1.807) is 12.3 Å². The van der Waals surface area contributed by atoms with Crippen LogP contribution in [0.5, 0.6) is 0 Å². The highest BCUT2D eigenvalue weighted by atomic mass is 79.9. The van der Waals surface area contributed by atoms with E-state index in [-0.39, 0.29) is 5.82 Å². The molecule has 2 heterocycles. The summed E-state index contributed by atoms with van der Waals surface area (Å²) in [4.78, 5) is 13.7. The van der Waals surface area contributed by atoms with Gasteiger partial charge >= 0.3 is 0 Å². The first-order valence-electron chi connectivity index (χ1n) is 9.46. The first-order chi connectivity index (χ1) is 13.7. The molecule has 0 spiro atoms. The lowest BCUT2D eigenvalue weighted by molar-refractivity contribution is 0.461. The van der Waals surface area contributed by atoms with E-state index in [1.807, 2.05) is 24.3 Å². The van der Waals surface area contributed by atoms with Crippen molar-refractivity contribution in [2.75, 3.05) is 10.6 Å². The second kappa shape index (κ2) is 8.65. The first-order valence-corrected chi connectivity index (χ1v) is 10.3. The van der Waals surface area contributed by atoms with E-state index in [2.05, 4.69) is 41.5 Å². The van der Waals surface area contributed by atoms with Crippen LogP contribution in [0, 0.1) is 5.82 Å². The van der Waals surface area contributed by atoms with Crippen molar-refractivity contribution >= 4 is 33.4 Å².